The second-order valence-electron chi connectivity index (χ2n) is 5.61. The van der Waals surface area contributed by atoms with Crippen LogP contribution in [-0.4, -0.2) is 23.1 Å². The molecule has 0 radical (unpaired) electrons. The van der Waals surface area contributed by atoms with Crippen LogP contribution in [0.5, 0.6) is 0 Å². The third-order valence-corrected chi connectivity index (χ3v) is 4.67. The lowest BCUT2D eigenvalue weighted by Crippen LogP contribution is -2.42. The molecule has 1 heterocycles. The largest absolute Gasteiger partial charge is 0.350 e. The van der Waals surface area contributed by atoms with E-state index < -0.39 is 0 Å². The third-order valence-electron chi connectivity index (χ3n) is 4.18. The van der Waals surface area contributed by atoms with Gasteiger partial charge in [-0.15, -0.1) is 0 Å². The molecular formula is C16H18BrN3O. The molecule has 1 aliphatic carbocycles. The molecule has 1 fully saturated rings. The lowest BCUT2D eigenvalue weighted by molar-refractivity contribution is 0.0915. The van der Waals surface area contributed by atoms with Gasteiger partial charge in [0.15, 0.2) is 0 Å². The predicted molar refractivity (Wildman–Crippen MR) is 88.0 cm³/mol. The Balaban J connectivity index is 1.78. The summed E-state index contributed by atoms with van der Waals surface area (Å²) in [7, 11) is 0. The molecule has 0 unspecified atom stereocenters. The molecular weight excluding hydrogens is 330 g/mol. The SMILES string of the molecule is N=C[C@H]1CCCC[C@H]1NC(=O)c1cc2ccc(Br)cc2[nH]1. The first kappa shape index (κ1) is 14.3. The van der Waals surface area contributed by atoms with E-state index in [1.54, 1.807) is 0 Å². The molecule has 5 heteroatoms. The molecule has 0 spiro atoms. The number of halogens is 1. The summed E-state index contributed by atoms with van der Waals surface area (Å²) in [6, 6.07) is 7.87. The van der Waals surface area contributed by atoms with Crippen LogP contribution in [0.15, 0.2) is 28.7 Å². The Morgan fingerprint density at radius 1 is 1.33 bits per heavy atom. The summed E-state index contributed by atoms with van der Waals surface area (Å²) < 4.78 is 0.986. The number of hydrogen-bond donors (Lipinski definition) is 3. The van der Waals surface area contributed by atoms with Crippen LogP contribution in [0.4, 0.5) is 0 Å². The average Bonchev–Trinajstić information content (AvgIpc) is 2.91. The highest BCUT2D eigenvalue weighted by Gasteiger charge is 2.25. The number of rotatable bonds is 3. The Kier molecular flexibility index (Phi) is 4.10. The van der Waals surface area contributed by atoms with Crippen molar-refractivity contribution in [3.63, 3.8) is 0 Å². The molecule has 4 nitrogen and oxygen atoms in total. The minimum absolute atomic E-state index is 0.0823. The molecule has 1 aromatic carbocycles. The average molecular weight is 348 g/mol. The number of aromatic nitrogens is 1. The minimum Gasteiger partial charge on any atom is -0.350 e. The van der Waals surface area contributed by atoms with Gasteiger partial charge < -0.3 is 15.7 Å². The van der Waals surface area contributed by atoms with E-state index in [0.717, 1.165) is 41.1 Å². The number of amides is 1. The molecule has 0 aliphatic heterocycles. The summed E-state index contributed by atoms with van der Waals surface area (Å²) in [5, 5.41) is 11.6. The number of aromatic amines is 1. The summed E-state index contributed by atoms with van der Waals surface area (Å²) in [6.45, 7) is 0. The molecule has 0 saturated heterocycles. The van der Waals surface area contributed by atoms with Gasteiger partial charge in [-0.2, -0.15) is 0 Å². The minimum atomic E-state index is -0.0823. The normalized spacial score (nSPS) is 22.1. The lowest BCUT2D eigenvalue weighted by Gasteiger charge is -2.29. The van der Waals surface area contributed by atoms with Crippen LogP contribution in [-0.2, 0) is 0 Å². The number of carbonyl (C=O) groups is 1. The monoisotopic (exact) mass is 347 g/mol. The summed E-state index contributed by atoms with van der Waals surface area (Å²) in [5.74, 6) is 0.0855. The Labute approximate surface area is 132 Å². The van der Waals surface area contributed by atoms with Gasteiger partial charge in [-0.3, -0.25) is 4.79 Å². The highest BCUT2D eigenvalue weighted by Crippen LogP contribution is 2.24. The number of benzene rings is 1. The fourth-order valence-electron chi connectivity index (χ4n) is 3.01. The van der Waals surface area contributed by atoms with Crippen molar-refractivity contribution >= 4 is 39.0 Å². The third kappa shape index (κ3) is 3.02. The molecule has 1 saturated carbocycles. The molecule has 1 aromatic heterocycles. The van der Waals surface area contributed by atoms with E-state index in [1.807, 2.05) is 24.3 Å². The van der Waals surface area contributed by atoms with Crippen molar-refractivity contribution in [2.75, 3.05) is 0 Å². The molecule has 1 aliphatic rings. The van der Waals surface area contributed by atoms with E-state index in [2.05, 4.69) is 26.2 Å². The summed E-state index contributed by atoms with van der Waals surface area (Å²) in [5.41, 5.74) is 1.53. The quantitative estimate of drug-likeness (QED) is 0.724. The first-order valence-corrected chi connectivity index (χ1v) is 8.06. The van der Waals surface area contributed by atoms with Crippen molar-refractivity contribution in [3.05, 3.63) is 34.4 Å². The first-order valence-electron chi connectivity index (χ1n) is 7.27. The van der Waals surface area contributed by atoms with Crippen molar-refractivity contribution < 1.29 is 4.79 Å². The maximum absolute atomic E-state index is 12.4. The maximum atomic E-state index is 12.4. The number of fused-ring (bicyclic) bond motifs is 1. The Bertz CT molecular complexity index is 679. The van der Waals surface area contributed by atoms with Crippen LogP contribution in [0.25, 0.3) is 10.9 Å². The van der Waals surface area contributed by atoms with E-state index >= 15 is 0 Å². The Morgan fingerprint density at radius 3 is 2.95 bits per heavy atom. The van der Waals surface area contributed by atoms with Crippen molar-refractivity contribution in [3.8, 4) is 0 Å². The van der Waals surface area contributed by atoms with Crippen LogP contribution in [0, 0.1) is 11.3 Å². The van der Waals surface area contributed by atoms with Crippen molar-refractivity contribution in [2.45, 2.75) is 31.7 Å². The first-order chi connectivity index (χ1) is 10.2. The van der Waals surface area contributed by atoms with Crippen LogP contribution < -0.4 is 5.32 Å². The van der Waals surface area contributed by atoms with Gasteiger partial charge in [-0.1, -0.05) is 34.8 Å². The molecule has 2 atom stereocenters. The Morgan fingerprint density at radius 2 is 2.14 bits per heavy atom. The standard InChI is InChI=1S/C16H18BrN3O/c17-12-6-5-10-7-15(19-14(10)8-12)16(21)20-13-4-2-1-3-11(13)9-18/h5-9,11,13,18-19H,1-4H2,(H,20,21)/t11-,13-/m1/s1. The van der Waals surface area contributed by atoms with Gasteiger partial charge in [0.25, 0.3) is 5.91 Å². The van der Waals surface area contributed by atoms with Crippen molar-refractivity contribution in [1.29, 1.82) is 5.41 Å². The van der Waals surface area contributed by atoms with Gasteiger partial charge >= 0.3 is 0 Å². The van der Waals surface area contributed by atoms with Crippen LogP contribution in [0.1, 0.15) is 36.2 Å². The zero-order valence-corrected chi connectivity index (χ0v) is 13.2. The molecule has 110 valence electrons. The van der Waals surface area contributed by atoms with Gasteiger partial charge in [-0.25, -0.2) is 0 Å². The van der Waals surface area contributed by atoms with Gasteiger partial charge in [0.05, 0.1) is 0 Å². The molecule has 3 rings (SSSR count). The van der Waals surface area contributed by atoms with E-state index in [1.165, 1.54) is 6.21 Å². The van der Waals surface area contributed by atoms with Crippen molar-refractivity contribution in [1.82, 2.24) is 10.3 Å². The van der Waals surface area contributed by atoms with Gasteiger partial charge in [0.2, 0.25) is 0 Å². The second kappa shape index (κ2) is 6.02. The molecule has 0 bridgehead atoms. The molecule has 1 amide bonds. The second-order valence-corrected chi connectivity index (χ2v) is 6.53. The molecule has 3 N–H and O–H groups in total. The number of hydrogen-bond acceptors (Lipinski definition) is 2. The predicted octanol–water partition coefficient (Wildman–Crippen LogP) is 3.87. The van der Waals surface area contributed by atoms with Crippen LogP contribution in [0.3, 0.4) is 0 Å². The van der Waals surface area contributed by atoms with E-state index in [0.29, 0.717) is 5.69 Å². The van der Waals surface area contributed by atoms with Crippen LogP contribution >= 0.6 is 15.9 Å². The zero-order valence-electron chi connectivity index (χ0n) is 11.7. The fraction of sp³-hybridized carbons (Fsp3) is 0.375. The van der Waals surface area contributed by atoms with Gasteiger partial charge in [-0.05, 0) is 31.0 Å². The number of H-pyrrole nitrogens is 1. The van der Waals surface area contributed by atoms with Gasteiger partial charge in [0, 0.05) is 33.5 Å². The Hall–Kier alpha value is -1.62. The fourth-order valence-corrected chi connectivity index (χ4v) is 3.37. The van der Waals surface area contributed by atoms with E-state index in [-0.39, 0.29) is 17.9 Å². The topological polar surface area (TPSA) is 68.7 Å². The van der Waals surface area contributed by atoms with E-state index in [9.17, 15) is 4.79 Å². The van der Waals surface area contributed by atoms with Crippen molar-refractivity contribution in [2.24, 2.45) is 5.92 Å². The maximum Gasteiger partial charge on any atom is 0.267 e. The highest BCUT2D eigenvalue weighted by atomic mass is 79.9. The molecule has 21 heavy (non-hydrogen) atoms. The van der Waals surface area contributed by atoms with E-state index in [4.69, 9.17) is 5.41 Å². The lowest BCUT2D eigenvalue weighted by atomic mass is 9.85. The zero-order chi connectivity index (χ0) is 14.8. The highest BCUT2D eigenvalue weighted by molar-refractivity contribution is 9.10. The summed E-state index contributed by atoms with van der Waals surface area (Å²) >= 11 is 3.43. The number of nitrogens with one attached hydrogen (secondary N) is 3. The summed E-state index contributed by atoms with van der Waals surface area (Å²) in [4.78, 5) is 15.6. The number of carbonyl (C=O) groups excluding carboxylic acids is 1. The summed E-state index contributed by atoms with van der Waals surface area (Å²) in [6.07, 6.45) is 5.69. The van der Waals surface area contributed by atoms with Gasteiger partial charge in [0.1, 0.15) is 5.69 Å². The smallest absolute Gasteiger partial charge is 0.267 e. The molecule has 2 aromatic rings. The van der Waals surface area contributed by atoms with Crippen LogP contribution in [0.2, 0.25) is 0 Å².